The third-order valence-corrected chi connectivity index (χ3v) is 7.91. The van der Waals surface area contributed by atoms with Gasteiger partial charge in [-0.15, -0.1) is 0 Å². The summed E-state index contributed by atoms with van der Waals surface area (Å²) in [6.45, 7) is 5.93. The van der Waals surface area contributed by atoms with Gasteiger partial charge in [0.1, 0.15) is 11.6 Å². The minimum atomic E-state index is -0.915. The van der Waals surface area contributed by atoms with Crippen LogP contribution in [0.15, 0.2) is 47.3 Å². The Morgan fingerprint density at radius 1 is 1.07 bits per heavy atom. The number of H-pyrrole nitrogens is 2. The Labute approximate surface area is 246 Å². The van der Waals surface area contributed by atoms with Gasteiger partial charge in [-0.25, -0.2) is 4.79 Å². The number of fused-ring (bicyclic) bond motifs is 1. The summed E-state index contributed by atoms with van der Waals surface area (Å²) < 4.78 is 6.39. The lowest BCUT2D eigenvalue weighted by Crippen LogP contribution is -2.52. The van der Waals surface area contributed by atoms with Gasteiger partial charge in [0.15, 0.2) is 0 Å². The normalized spacial score (nSPS) is 18.2. The van der Waals surface area contributed by atoms with Crippen molar-refractivity contribution in [1.29, 1.82) is 0 Å². The number of benzene rings is 2. The highest BCUT2D eigenvalue weighted by Crippen LogP contribution is 2.33. The molecule has 40 heavy (non-hydrogen) atoms. The van der Waals surface area contributed by atoms with E-state index in [4.69, 9.17) is 10.5 Å². The Kier molecular flexibility index (Phi) is 9.22. The van der Waals surface area contributed by atoms with Crippen LogP contribution in [-0.2, 0) is 20.7 Å². The summed E-state index contributed by atoms with van der Waals surface area (Å²) in [5, 5.41) is 8.68. The monoisotopic (exact) mass is 661 g/mol. The molecule has 10 nitrogen and oxygen atoms in total. The molecule has 1 heterocycles. The maximum Gasteiger partial charge on any atom is 0.407 e. The van der Waals surface area contributed by atoms with Crippen molar-refractivity contribution in [1.82, 2.24) is 15.5 Å². The van der Waals surface area contributed by atoms with E-state index in [2.05, 4.69) is 38.1 Å². The van der Waals surface area contributed by atoms with Crippen molar-refractivity contribution in [2.45, 2.75) is 64.5 Å². The van der Waals surface area contributed by atoms with E-state index < -0.39 is 23.6 Å². The molecule has 0 radical (unpaired) electrons. The second kappa shape index (κ2) is 12.4. The molecule has 1 atom stereocenters. The van der Waals surface area contributed by atoms with E-state index in [1.807, 2.05) is 45.0 Å². The number of primary amides is 1. The minimum Gasteiger partial charge on any atom is -0.444 e. The highest BCUT2D eigenvalue weighted by molar-refractivity contribution is 14.1. The number of carbonyl (C=O) groups is 3. The van der Waals surface area contributed by atoms with E-state index >= 15 is 0 Å². The van der Waals surface area contributed by atoms with Gasteiger partial charge in [0.05, 0.1) is 10.9 Å². The van der Waals surface area contributed by atoms with Crippen LogP contribution in [0.25, 0.3) is 10.9 Å². The number of ether oxygens (including phenoxy) is 1. The molecule has 0 saturated heterocycles. The van der Waals surface area contributed by atoms with E-state index in [9.17, 15) is 19.2 Å². The van der Waals surface area contributed by atoms with Gasteiger partial charge in [-0.1, -0.05) is 12.1 Å². The number of nitrogens with two attached hydrogens (primary N) is 1. The van der Waals surface area contributed by atoms with E-state index in [0.29, 0.717) is 36.0 Å². The Morgan fingerprint density at radius 2 is 1.75 bits per heavy atom. The van der Waals surface area contributed by atoms with Gasteiger partial charge in [-0.05, 0) is 111 Å². The van der Waals surface area contributed by atoms with Gasteiger partial charge in [-0.3, -0.25) is 29.5 Å². The molecule has 1 aliphatic carbocycles. The molecule has 0 aliphatic heterocycles. The van der Waals surface area contributed by atoms with Crippen molar-refractivity contribution in [3.05, 3.63) is 62.0 Å². The summed E-state index contributed by atoms with van der Waals surface area (Å²) in [7, 11) is 0. The number of aromatic nitrogens is 2. The number of amides is 3. The average Bonchev–Trinajstić information content (AvgIpc) is 3.27. The van der Waals surface area contributed by atoms with E-state index in [1.165, 1.54) is 4.90 Å². The quantitative estimate of drug-likeness (QED) is 0.267. The molecule has 0 bridgehead atoms. The van der Waals surface area contributed by atoms with Crippen LogP contribution in [0.2, 0.25) is 0 Å². The molecule has 4 rings (SSSR count). The summed E-state index contributed by atoms with van der Waals surface area (Å²) in [5.41, 5.74) is 7.01. The second-order valence-corrected chi connectivity index (χ2v) is 12.6. The number of rotatable bonds is 8. The van der Waals surface area contributed by atoms with E-state index in [-0.39, 0.29) is 29.7 Å². The predicted molar refractivity (Wildman–Crippen MR) is 162 cm³/mol. The fourth-order valence-electron chi connectivity index (χ4n) is 5.15. The molecular formula is C29H36IN5O5. The number of carbonyl (C=O) groups excluding carboxylic acids is 3. The summed E-state index contributed by atoms with van der Waals surface area (Å²) >= 11 is 2.21. The molecule has 11 heteroatoms. The van der Waals surface area contributed by atoms with Crippen LogP contribution in [0, 0.1) is 15.4 Å². The number of anilines is 1. The SMILES string of the molecule is CC(C)(C)OC(=O)NC[C@H]1CC[C@H](C(=O)N(c2ccc3c(=O)[nH][nH]c3c2)[C@@H](Cc2ccc(I)cc2)C(N)=O)CC1. The van der Waals surface area contributed by atoms with Crippen LogP contribution >= 0.6 is 22.6 Å². The van der Waals surface area contributed by atoms with Gasteiger partial charge in [-0.2, -0.15) is 0 Å². The lowest BCUT2D eigenvalue weighted by Gasteiger charge is -2.35. The third kappa shape index (κ3) is 7.43. The summed E-state index contributed by atoms with van der Waals surface area (Å²) in [6.07, 6.45) is 2.55. The topological polar surface area (TPSA) is 150 Å². The summed E-state index contributed by atoms with van der Waals surface area (Å²) in [5.74, 6) is -0.864. The number of aromatic amines is 2. The van der Waals surface area contributed by atoms with E-state index in [0.717, 1.165) is 22.0 Å². The number of alkyl carbamates (subject to hydrolysis) is 1. The van der Waals surface area contributed by atoms with E-state index in [1.54, 1.807) is 18.2 Å². The van der Waals surface area contributed by atoms with Gasteiger partial charge in [0.25, 0.3) is 5.56 Å². The van der Waals surface area contributed by atoms with Crippen LogP contribution in [0.1, 0.15) is 52.0 Å². The van der Waals surface area contributed by atoms with Crippen LogP contribution in [0.5, 0.6) is 0 Å². The first kappa shape index (κ1) is 29.6. The summed E-state index contributed by atoms with van der Waals surface area (Å²) in [4.78, 5) is 52.6. The zero-order valence-corrected chi connectivity index (χ0v) is 25.1. The summed E-state index contributed by atoms with van der Waals surface area (Å²) in [6, 6.07) is 11.9. The first-order valence-electron chi connectivity index (χ1n) is 13.5. The molecule has 214 valence electrons. The average molecular weight is 662 g/mol. The number of hydrogen-bond donors (Lipinski definition) is 4. The molecule has 0 unspecified atom stereocenters. The van der Waals surface area contributed by atoms with Crippen molar-refractivity contribution in [3.63, 3.8) is 0 Å². The lowest BCUT2D eigenvalue weighted by molar-refractivity contribution is -0.127. The van der Waals surface area contributed by atoms with Crippen LogP contribution in [0.4, 0.5) is 10.5 Å². The molecule has 1 saturated carbocycles. The molecule has 2 aromatic carbocycles. The van der Waals surface area contributed by atoms with Crippen molar-refractivity contribution in [3.8, 4) is 0 Å². The first-order valence-corrected chi connectivity index (χ1v) is 14.5. The molecule has 0 spiro atoms. The van der Waals surface area contributed by atoms with Gasteiger partial charge in [0, 0.05) is 28.1 Å². The molecular weight excluding hydrogens is 625 g/mol. The third-order valence-electron chi connectivity index (χ3n) is 7.19. The largest absolute Gasteiger partial charge is 0.444 e. The standard InChI is InChI=1S/C29H36IN5O5/c1-29(2,3)40-28(39)32-16-18-4-8-19(9-5-18)27(38)35(21-12-13-22-23(15-21)33-34-26(22)37)24(25(31)36)14-17-6-10-20(30)11-7-17/h6-7,10-13,15,18-19,24H,4-5,8-9,14,16H2,1-3H3,(H2,31,36)(H,32,39)(H2,33,34,37)/t18-,19-,24-/m0/s1. The maximum atomic E-state index is 14.1. The number of nitrogens with zero attached hydrogens (tertiary/aromatic N) is 1. The maximum absolute atomic E-state index is 14.1. The second-order valence-electron chi connectivity index (χ2n) is 11.4. The molecule has 1 aliphatic rings. The van der Waals surface area contributed by atoms with Crippen LogP contribution < -0.4 is 21.5 Å². The minimum absolute atomic E-state index is 0.176. The highest BCUT2D eigenvalue weighted by atomic mass is 127. The Hall–Kier alpha value is -3.35. The zero-order chi connectivity index (χ0) is 29.0. The molecule has 5 N–H and O–H groups in total. The fraction of sp³-hybridized carbons (Fsp3) is 0.448. The van der Waals surface area contributed by atoms with Gasteiger partial charge < -0.3 is 15.8 Å². The van der Waals surface area contributed by atoms with Gasteiger partial charge >= 0.3 is 6.09 Å². The highest BCUT2D eigenvalue weighted by Gasteiger charge is 2.36. The first-order chi connectivity index (χ1) is 18.9. The number of hydrogen-bond acceptors (Lipinski definition) is 5. The van der Waals surface area contributed by atoms with Gasteiger partial charge in [0.2, 0.25) is 11.8 Å². The Morgan fingerprint density at radius 3 is 2.38 bits per heavy atom. The Balaban J connectivity index is 1.54. The van der Waals surface area contributed by atoms with Crippen molar-refractivity contribution in [2.75, 3.05) is 11.4 Å². The smallest absolute Gasteiger partial charge is 0.407 e. The predicted octanol–water partition coefficient (Wildman–Crippen LogP) is 4.22. The number of nitrogens with one attached hydrogen (secondary N) is 3. The van der Waals surface area contributed by atoms with Crippen molar-refractivity contribution >= 4 is 57.1 Å². The molecule has 1 aromatic heterocycles. The molecule has 3 aromatic rings. The number of halogens is 1. The van der Waals surface area contributed by atoms with Crippen molar-refractivity contribution in [2.24, 2.45) is 17.6 Å². The lowest BCUT2D eigenvalue weighted by atomic mass is 9.81. The van der Waals surface area contributed by atoms with Crippen molar-refractivity contribution < 1.29 is 19.1 Å². The van der Waals surface area contributed by atoms with Crippen LogP contribution in [0.3, 0.4) is 0 Å². The molecule has 1 fully saturated rings. The fourth-order valence-corrected chi connectivity index (χ4v) is 5.51. The Bertz CT molecular complexity index is 1420. The molecule has 3 amide bonds. The zero-order valence-electron chi connectivity index (χ0n) is 23.0. The van der Waals surface area contributed by atoms with Crippen LogP contribution in [-0.4, -0.2) is 46.3 Å².